The molecule has 0 bridgehead atoms. The fraction of sp³-hybridized carbons (Fsp3) is 0.333. The third-order valence-electron chi connectivity index (χ3n) is 2.73. The van der Waals surface area contributed by atoms with Gasteiger partial charge in [-0.3, -0.25) is 0 Å². The van der Waals surface area contributed by atoms with Crippen molar-refractivity contribution in [1.82, 2.24) is 4.98 Å². The number of nitrogens with zero attached hydrogens (tertiary/aromatic N) is 1. The highest BCUT2D eigenvalue weighted by atomic mass is 32.1. The topological polar surface area (TPSA) is 57.4 Å². The van der Waals surface area contributed by atoms with Crippen LogP contribution in [0, 0.1) is 0 Å². The van der Waals surface area contributed by atoms with Crippen molar-refractivity contribution < 1.29 is 9.47 Å². The van der Waals surface area contributed by atoms with Crippen LogP contribution in [0.15, 0.2) is 30.3 Å². The zero-order chi connectivity index (χ0) is 14.5. The van der Waals surface area contributed by atoms with Crippen LogP contribution in [-0.4, -0.2) is 29.3 Å². The molecule has 0 radical (unpaired) electrons. The van der Waals surface area contributed by atoms with Gasteiger partial charge in [0, 0.05) is 5.39 Å². The molecule has 0 aliphatic heterocycles. The molecule has 4 nitrogen and oxygen atoms in total. The molecule has 2 rings (SSSR count). The van der Waals surface area contributed by atoms with Crippen LogP contribution in [0.25, 0.3) is 10.9 Å². The summed E-state index contributed by atoms with van der Waals surface area (Å²) in [6, 6.07) is 9.68. The maximum Gasteiger partial charge on any atom is 0.224 e. The van der Waals surface area contributed by atoms with Gasteiger partial charge in [-0.15, -0.1) is 0 Å². The van der Waals surface area contributed by atoms with Gasteiger partial charge in [-0.1, -0.05) is 30.4 Å². The van der Waals surface area contributed by atoms with Crippen molar-refractivity contribution in [2.75, 3.05) is 13.2 Å². The molecule has 1 heterocycles. The van der Waals surface area contributed by atoms with Gasteiger partial charge in [0.2, 0.25) is 5.88 Å². The van der Waals surface area contributed by atoms with E-state index in [9.17, 15) is 0 Å². The molecule has 0 saturated carbocycles. The number of aromatic nitrogens is 1. The fourth-order valence-electron chi connectivity index (χ4n) is 1.81. The molecule has 0 atom stereocenters. The van der Waals surface area contributed by atoms with Crippen molar-refractivity contribution in [3.05, 3.63) is 35.9 Å². The van der Waals surface area contributed by atoms with Crippen molar-refractivity contribution in [2.24, 2.45) is 5.73 Å². The third-order valence-corrected chi connectivity index (χ3v) is 2.95. The summed E-state index contributed by atoms with van der Waals surface area (Å²) in [5.74, 6) is 0.462. The first kappa shape index (κ1) is 14.7. The summed E-state index contributed by atoms with van der Waals surface area (Å²) in [6.45, 7) is 4.88. The van der Waals surface area contributed by atoms with Gasteiger partial charge in [-0.25, -0.2) is 4.98 Å². The Labute approximate surface area is 123 Å². The Morgan fingerprint density at radius 1 is 1.30 bits per heavy atom. The van der Waals surface area contributed by atoms with Gasteiger partial charge in [-0.2, -0.15) is 0 Å². The summed E-state index contributed by atoms with van der Waals surface area (Å²) in [6.07, 6.45) is 0.179. The lowest BCUT2D eigenvalue weighted by Crippen LogP contribution is -2.16. The molecule has 0 saturated heterocycles. The van der Waals surface area contributed by atoms with Crippen LogP contribution in [-0.2, 0) is 4.74 Å². The van der Waals surface area contributed by atoms with Gasteiger partial charge >= 0.3 is 0 Å². The highest BCUT2D eigenvalue weighted by molar-refractivity contribution is 7.80. The summed E-state index contributed by atoms with van der Waals surface area (Å²) in [5.41, 5.74) is 7.25. The minimum absolute atomic E-state index is 0.179. The number of hydrogen-bond donors (Lipinski definition) is 1. The number of rotatable bonds is 6. The Kier molecular flexibility index (Phi) is 4.87. The lowest BCUT2D eigenvalue weighted by molar-refractivity contribution is 0.0543. The maximum absolute atomic E-state index is 5.74. The van der Waals surface area contributed by atoms with Crippen LogP contribution in [0.5, 0.6) is 5.88 Å². The summed E-state index contributed by atoms with van der Waals surface area (Å²) < 4.78 is 11.1. The number of ether oxygens (including phenoxy) is 2. The molecule has 0 unspecified atom stereocenters. The average Bonchev–Trinajstić information content (AvgIpc) is 2.42. The summed E-state index contributed by atoms with van der Waals surface area (Å²) in [7, 11) is 0. The van der Waals surface area contributed by atoms with Crippen LogP contribution in [0.3, 0.4) is 0 Å². The van der Waals surface area contributed by atoms with E-state index in [0.717, 1.165) is 10.9 Å². The molecule has 2 aromatic rings. The lowest BCUT2D eigenvalue weighted by atomic mass is 10.1. The predicted octanol–water partition coefficient (Wildman–Crippen LogP) is 2.67. The first-order valence-corrected chi connectivity index (χ1v) is 6.92. The van der Waals surface area contributed by atoms with Crippen LogP contribution in [0.4, 0.5) is 0 Å². The van der Waals surface area contributed by atoms with Crippen molar-refractivity contribution in [1.29, 1.82) is 0 Å². The largest absolute Gasteiger partial charge is 0.475 e. The molecule has 0 amide bonds. The van der Waals surface area contributed by atoms with E-state index in [0.29, 0.717) is 24.7 Å². The Bertz CT molecular complexity index is 614. The first-order chi connectivity index (χ1) is 9.58. The zero-order valence-corrected chi connectivity index (χ0v) is 12.4. The van der Waals surface area contributed by atoms with Crippen LogP contribution < -0.4 is 10.5 Å². The highest BCUT2D eigenvalue weighted by Gasteiger charge is 2.10. The van der Waals surface area contributed by atoms with E-state index in [-0.39, 0.29) is 11.1 Å². The van der Waals surface area contributed by atoms with E-state index < -0.39 is 0 Å². The Balaban J connectivity index is 2.21. The SMILES string of the molecule is CC(C)OCCOc1nc2ccccc2cc1C(N)=S. The van der Waals surface area contributed by atoms with Crippen LogP contribution in [0.2, 0.25) is 0 Å². The van der Waals surface area contributed by atoms with Gasteiger partial charge in [0.1, 0.15) is 11.6 Å². The molecule has 0 spiro atoms. The number of nitrogens with two attached hydrogens (primary N) is 1. The number of pyridine rings is 1. The molecule has 2 N–H and O–H groups in total. The minimum Gasteiger partial charge on any atom is -0.475 e. The molecular formula is C15H18N2O2S. The smallest absolute Gasteiger partial charge is 0.224 e. The van der Waals surface area contributed by atoms with Gasteiger partial charge in [0.05, 0.1) is 23.8 Å². The van der Waals surface area contributed by atoms with Gasteiger partial charge in [0.25, 0.3) is 0 Å². The standard InChI is InChI=1S/C15H18N2O2S/c1-10(2)18-7-8-19-15-12(14(16)20)9-11-5-3-4-6-13(11)17-15/h3-6,9-10H,7-8H2,1-2H3,(H2,16,20). The molecule has 0 aliphatic carbocycles. The molecule has 20 heavy (non-hydrogen) atoms. The number of benzene rings is 1. The first-order valence-electron chi connectivity index (χ1n) is 6.52. The number of fused-ring (bicyclic) bond motifs is 1. The van der Waals surface area contributed by atoms with Gasteiger partial charge < -0.3 is 15.2 Å². The highest BCUT2D eigenvalue weighted by Crippen LogP contribution is 2.22. The molecular weight excluding hydrogens is 272 g/mol. The maximum atomic E-state index is 5.74. The summed E-state index contributed by atoms with van der Waals surface area (Å²) in [5, 5.41) is 0.987. The second kappa shape index (κ2) is 6.63. The van der Waals surface area contributed by atoms with Crippen molar-refractivity contribution >= 4 is 28.1 Å². The van der Waals surface area contributed by atoms with Gasteiger partial charge in [-0.05, 0) is 26.0 Å². The molecule has 5 heteroatoms. The zero-order valence-electron chi connectivity index (χ0n) is 11.6. The Hall–Kier alpha value is -1.72. The average molecular weight is 290 g/mol. The van der Waals surface area contributed by atoms with E-state index in [2.05, 4.69) is 4.98 Å². The number of thiocarbonyl (C=S) groups is 1. The van der Waals surface area contributed by atoms with Gasteiger partial charge in [0.15, 0.2) is 0 Å². The van der Waals surface area contributed by atoms with Crippen LogP contribution in [0.1, 0.15) is 19.4 Å². The molecule has 106 valence electrons. The quantitative estimate of drug-likeness (QED) is 0.655. The fourth-order valence-corrected chi connectivity index (χ4v) is 1.95. The van der Waals surface area contributed by atoms with E-state index in [4.69, 9.17) is 27.4 Å². The molecule has 1 aromatic carbocycles. The summed E-state index contributed by atoms with van der Waals surface area (Å²) in [4.78, 5) is 4.75. The van der Waals surface area contributed by atoms with E-state index >= 15 is 0 Å². The van der Waals surface area contributed by atoms with E-state index in [1.165, 1.54) is 0 Å². The predicted molar refractivity (Wildman–Crippen MR) is 84.2 cm³/mol. The van der Waals surface area contributed by atoms with Crippen molar-refractivity contribution in [3.63, 3.8) is 0 Å². The van der Waals surface area contributed by atoms with E-state index in [1.54, 1.807) is 0 Å². The van der Waals surface area contributed by atoms with Crippen LogP contribution >= 0.6 is 12.2 Å². The second-order valence-corrected chi connectivity index (χ2v) is 5.11. The molecule has 0 aliphatic rings. The Morgan fingerprint density at radius 2 is 2.05 bits per heavy atom. The number of hydrogen-bond acceptors (Lipinski definition) is 4. The molecule has 1 aromatic heterocycles. The summed E-state index contributed by atoms with van der Waals surface area (Å²) >= 11 is 5.06. The third kappa shape index (κ3) is 3.65. The minimum atomic E-state index is 0.179. The second-order valence-electron chi connectivity index (χ2n) is 4.67. The Morgan fingerprint density at radius 3 is 2.75 bits per heavy atom. The molecule has 0 fully saturated rings. The van der Waals surface area contributed by atoms with Crippen molar-refractivity contribution in [2.45, 2.75) is 20.0 Å². The monoisotopic (exact) mass is 290 g/mol. The lowest BCUT2D eigenvalue weighted by Gasteiger charge is -2.12. The normalized spacial score (nSPS) is 10.9. The number of para-hydroxylation sites is 1. The van der Waals surface area contributed by atoms with E-state index in [1.807, 2.05) is 44.2 Å². The van der Waals surface area contributed by atoms with Crippen molar-refractivity contribution in [3.8, 4) is 5.88 Å².